The standard InChI is InChI=1S/C13H24O2/c1-2-3-4-5-6-7-8-9-10-14-11-13-12-15-13/h6-7,13H,2-5,8-12H2,1H3. The summed E-state index contributed by atoms with van der Waals surface area (Å²) >= 11 is 0. The van der Waals surface area contributed by atoms with E-state index < -0.39 is 0 Å². The molecule has 1 fully saturated rings. The van der Waals surface area contributed by atoms with Crippen LogP contribution in [0.25, 0.3) is 0 Å². The summed E-state index contributed by atoms with van der Waals surface area (Å²) in [7, 11) is 0. The molecular weight excluding hydrogens is 188 g/mol. The number of hydrogen-bond acceptors (Lipinski definition) is 2. The Kier molecular flexibility index (Phi) is 7.58. The number of ether oxygens (including phenoxy) is 2. The molecule has 2 heteroatoms. The number of unbranched alkanes of at least 4 members (excludes halogenated alkanes) is 4. The maximum atomic E-state index is 5.44. The lowest BCUT2D eigenvalue weighted by molar-refractivity contribution is 0.115. The average Bonchev–Trinajstić information content (AvgIpc) is 3.05. The van der Waals surface area contributed by atoms with E-state index in [4.69, 9.17) is 9.47 Å². The Hall–Kier alpha value is -0.340. The molecule has 0 aromatic rings. The van der Waals surface area contributed by atoms with Crippen LogP contribution in [-0.4, -0.2) is 25.9 Å². The molecule has 1 aliphatic rings. The Morgan fingerprint density at radius 1 is 1.20 bits per heavy atom. The lowest BCUT2D eigenvalue weighted by Gasteiger charge is -1.99. The smallest absolute Gasteiger partial charge is 0.104 e. The van der Waals surface area contributed by atoms with E-state index >= 15 is 0 Å². The van der Waals surface area contributed by atoms with E-state index in [0.717, 1.165) is 32.7 Å². The third kappa shape index (κ3) is 8.64. The number of rotatable bonds is 10. The molecule has 1 aliphatic heterocycles. The van der Waals surface area contributed by atoms with Gasteiger partial charge in [0.2, 0.25) is 0 Å². The van der Waals surface area contributed by atoms with Crippen LogP contribution in [-0.2, 0) is 9.47 Å². The first-order chi connectivity index (χ1) is 7.43. The largest absolute Gasteiger partial charge is 0.379 e. The van der Waals surface area contributed by atoms with Crippen molar-refractivity contribution in [1.29, 1.82) is 0 Å². The Labute approximate surface area is 93.7 Å². The van der Waals surface area contributed by atoms with Gasteiger partial charge in [-0.3, -0.25) is 0 Å². The fourth-order valence-corrected chi connectivity index (χ4v) is 1.43. The summed E-state index contributed by atoms with van der Waals surface area (Å²) in [6, 6.07) is 0. The predicted molar refractivity (Wildman–Crippen MR) is 63.1 cm³/mol. The summed E-state index contributed by atoms with van der Waals surface area (Å²) in [5, 5.41) is 0. The van der Waals surface area contributed by atoms with Gasteiger partial charge in [0, 0.05) is 6.61 Å². The highest BCUT2D eigenvalue weighted by Crippen LogP contribution is 2.08. The fraction of sp³-hybridized carbons (Fsp3) is 0.846. The van der Waals surface area contributed by atoms with Gasteiger partial charge in [0.15, 0.2) is 0 Å². The average molecular weight is 212 g/mol. The van der Waals surface area contributed by atoms with Gasteiger partial charge in [-0.25, -0.2) is 0 Å². The first-order valence-electron chi connectivity index (χ1n) is 6.28. The second-order valence-electron chi connectivity index (χ2n) is 4.14. The summed E-state index contributed by atoms with van der Waals surface area (Å²) < 4.78 is 10.5. The maximum absolute atomic E-state index is 5.44. The van der Waals surface area contributed by atoms with Crippen LogP contribution in [0.3, 0.4) is 0 Å². The minimum atomic E-state index is 0.412. The number of hydrogen-bond donors (Lipinski definition) is 0. The maximum Gasteiger partial charge on any atom is 0.104 e. The fourth-order valence-electron chi connectivity index (χ4n) is 1.43. The van der Waals surface area contributed by atoms with Crippen LogP contribution in [0.4, 0.5) is 0 Å². The molecule has 0 aromatic carbocycles. The summed E-state index contributed by atoms with van der Waals surface area (Å²) in [5.41, 5.74) is 0. The van der Waals surface area contributed by atoms with Gasteiger partial charge < -0.3 is 9.47 Å². The Morgan fingerprint density at radius 3 is 2.60 bits per heavy atom. The zero-order valence-electron chi connectivity index (χ0n) is 9.91. The van der Waals surface area contributed by atoms with Crippen molar-refractivity contribution in [2.75, 3.05) is 19.8 Å². The SMILES string of the molecule is CCCCCC=CCCCOCC1CO1. The third-order valence-corrected chi connectivity index (χ3v) is 2.51. The van der Waals surface area contributed by atoms with E-state index in [-0.39, 0.29) is 0 Å². The van der Waals surface area contributed by atoms with E-state index in [1.54, 1.807) is 0 Å². The Balaban J connectivity index is 1.71. The molecule has 0 spiro atoms. The van der Waals surface area contributed by atoms with E-state index in [9.17, 15) is 0 Å². The second kappa shape index (κ2) is 8.93. The van der Waals surface area contributed by atoms with Crippen LogP contribution < -0.4 is 0 Å². The van der Waals surface area contributed by atoms with Crippen LogP contribution in [0.5, 0.6) is 0 Å². The minimum absolute atomic E-state index is 0.412. The van der Waals surface area contributed by atoms with Gasteiger partial charge in [-0.1, -0.05) is 31.9 Å². The van der Waals surface area contributed by atoms with E-state index in [0.29, 0.717) is 6.10 Å². The van der Waals surface area contributed by atoms with Gasteiger partial charge >= 0.3 is 0 Å². The third-order valence-electron chi connectivity index (χ3n) is 2.51. The van der Waals surface area contributed by atoms with Gasteiger partial charge in [-0.2, -0.15) is 0 Å². The molecule has 0 radical (unpaired) electrons. The lowest BCUT2D eigenvalue weighted by Crippen LogP contribution is -2.02. The van der Waals surface area contributed by atoms with Crippen molar-refractivity contribution in [1.82, 2.24) is 0 Å². The highest BCUT2D eigenvalue weighted by atomic mass is 16.6. The summed E-state index contributed by atoms with van der Waals surface area (Å²) in [6.07, 6.45) is 12.5. The van der Waals surface area contributed by atoms with Crippen LogP contribution in [0.1, 0.15) is 45.4 Å². The first kappa shape index (κ1) is 12.7. The molecule has 88 valence electrons. The van der Waals surface area contributed by atoms with E-state index in [2.05, 4.69) is 19.1 Å². The van der Waals surface area contributed by atoms with Gasteiger partial charge in [-0.15, -0.1) is 0 Å². The molecule has 15 heavy (non-hydrogen) atoms. The molecule has 1 atom stereocenters. The van der Waals surface area contributed by atoms with Gasteiger partial charge in [-0.05, 0) is 25.7 Å². The highest BCUT2D eigenvalue weighted by molar-refractivity contribution is 4.81. The summed E-state index contributed by atoms with van der Waals surface area (Å²) in [4.78, 5) is 0. The molecule has 1 rings (SSSR count). The normalized spacial score (nSPS) is 19.9. The van der Waals surface area contributed by atoms with Crippen molar-refractivity contribution in [3.63, 3.8) is 0 Å². The van der Waals surface area contributed by atoms with Crippen molar-refractivity contribution in [2.24, 2.45) is 0 Å². The van der Waals surface area contributed by atoms with Gasteiger partial charge in [0.05, 0.1) is 13.2 Å². The summed E-state index contributed by atoms with van der Waals surface area (Å²) in [5.74, 6) is 0. The monoisotopic (exact) mass is 212 g/mol. The number of epoxide rings is 1. The van der Waals surface area contributed by atoms with Crippen LogP contribution in [0, 0.1) is 0 Å². The molecule has 1 saturated heterocycles. The molecule has 2 nitrogen and oxygen atoms in total. The van der Waals surface area contributed by atoms with Crippen molar-refractivity contribution in [2.45, 2.75) is 51.6 Å². The topological polar surface area (TPSA) is 21.8 Å². The van der Waals surface area contributed by atoms with Crippen LogP contribution in [0.2, 0.25) is 0 Å². The van der Waals surface area contributed by atoms with Gasteiger partial charge in [0.1, 0.15) is 6.10 Å². The van der Waals surface area contributed by atoms with E-state index in [1.807, 2.05) is 0 Å². The Bertz CT molecular complexity index is 162. The first-order valence-corrected chi connectivity index (χ1v) is 6.28. The van der Waals surface area contributed by atoms with Crippen molar-refractivity contribution >= 4 is 0 Å². The zero-order valence-corrected chi connectivity index (χ0v) is 9.91. The van der Waals surface area contributed by atoms with Crippen LogP contribution in [0.15, 0.2) is 12.2 Å². The molecular formula is C13H24O2. The van der Waals surface area contributed by atoms with Gasteiger partial charge in [0.25, 0.3) is 0 Å². The molecule has 0 aliphatic carbocycles. The molecule has 1 unspecified atom stereocenters. The Morgan fingerprint density at radius 2 is 1.93 bits per heavy atom. The molecule has 0 saturated carbocycles. The quantitative estimate of drug-likeness (QED) is 0.315. The van der Waals surface area contributed by atoms with Crippen molar-refractivity contribution in [3.05, 3.63) is 12.2 Å². The molecule has 1 heterocycles. The minimum Gasteiger partial charge on any atom is -0.379 e. The van der Waals surface area contributed by atoms with E-state index in [1.165, 1.54) is 25.7 Å². The zero-order chi connectivity index (χ0) is 10.8. The summed E-state index contributed by atoms with van der Waals surface area (Å²) in [6.45, 7) is 4.81. The molecule has 0 bridgehead atoms. The lowest BCUT2D eigenvalue weighted by atomic mass is 10.2. The molecule has 0 N–H and O–H groups in total. The number of allylic oxidation sites excluding steroid dienone is 2. The van der Waals surface area contributed by atoms with Crippen molar-refractivity contribution < 1.29 is 9.47 Å². The molecule has 0 aromatic heterocycles. The van der Waals surface area contributed by atoms with Crippen molar-refractivity contribution in [3.8, 4) is 0 Å². The predicted octanol–water partition coefficient (Wildman–Crippen LogP) is 3.32. The highest BCUT2D eigenvalue weighted by Gasteiger charge is 2.21. The van der Waals surface area contributed by atoms with Crippen LogP contribution >= 0.6 is 0 Å². The second-order valence-corrected chi connectivity index (χ2v) is 4.14. The molecule has 0 amide bonds.